The van der Waals surface area contributed by atoms with E-state index in [9.17, 15) is 9.59 Å². The number of nitrogens with one attached hydrogen (secondary N) is 2. The number of rotatable bonds is 4. The quantitative estimate of drug-likeness (QED) is 0.603. The Hall–Kier alpha value is -1.88. The Kier molecular flexibility index (Phi) is 4.47. The molecule has 5 nitrogen and oxygen atoms in total. The summed E-state index contributed by atoms with van der Waals surface area (Å²) < 4.78 is 0. The van der Waals surface area contributed by atoms with Crippen molar-refractivity contribution < 1.29 is 9.59 Å². The van der Waals surface area contributed by atoms with E-state index in [4.69, 9.17) is 11.6 Å². The smallest absolute Gasteiger partial charge is 0.259 e. The summed E-state index contributed by atoms with van der Waals surface area (Å²) >= 11 is 5.72. The van der Waals surface area contributed by atoms with Gasteiger partial charge in [0.1, 0.15) is 0 Å². The molecule has 2 amide bonds. The summed E-state index contributed by atoms with van der Waals surface area (Å²) in [6.45, 7) is 2.92. The van der Waals surface area contributed by atoms with Gasteiger partial charge in [-0.1, -0.05) is 17.7 Å². The van der Waals surface area contributed by atoms with Gasteiger partial charge in [-0.2, -0.15) is 5.10 Å². The molecule has 1 rings (SSSR count). The minimum Gasteiger partial charge on any atom is -0.343 e. The second kappa shape index (κ2) is 5.87. The predicted octanol–water partition coefficient (Wildman–Crippen LogP) is 0.802. The highest BCUT2D eigenvalue weighted by molar-refractivity contribution is 6.30. The number of hydrogen-bond acceptors (Lipinski definition) is 3. The van der Waals surface area contributed by atoms with E-state index in [1.165, 1.54) is 6.07 Å². The molecule has 0 atom stereocenters. The van der Waals surface area contributed by atoms with Gasteiger partial charge in [-0.25, -0.2) is 5.43 Å². The monoisotopic (exact) mass is 239 g/mol. The van der Waals surface area contributed by atoms with Gasteiger partial charge in [0.05, 0.1) is 6.54 Å². The highest BCUT2D eigenvalue weighted by Crippen LogP contribution is 2.10. The van der Waals surface area contributed by atoms with Crippen LogP contribution in [0.3, 0.4) is 0 Å². The molecular weight excluding hydrogens is 230 g/mol. The van der Waals surface area contributed by atoms with Crippen LogP contribution in [0.15, 0.2) is 29.4 Å². The van der Waals surface area contributed by atoms with Crippen molar-refractivity contribution in [2.45, 2.75) is 0 Å². The molecule has 0 unspecified atom stereocenters. The summed E-state index contributed by atoms with van der Waals surface area (Å²) in [6.07, 6.45) is 0. The summed E-state index contributed by atoms with van der Waals surface area (Å²) in [7, 11) is 0. The molecule has 0 heterocycles. The van der Waals surface area contributed by atoms with Crippen molar-refractivity contribution in [1.29, 1.82) is 0 Å². The van der Waals surface area contributed by atoms with Gasteiger partial charge in [0, 0.05) is 17.3 Å². The number of nitrogens with zero attached hydrogens (tertiary/aromatic N) is 1. The molecule has 2 N–H and O–H groups in total. The van der Waals surface area contributed by atoms with E-state index in [0.29, 0.717) is 10.6 Å². The average Bonchev–Trinajstić information content (AvgIpc) is 2.26. The Morgan fingerprint density at radius 2 is 2.19 bits per heavy atom. The van der Waals surface area contributed by atoms with Gasteiger partial charge in [0.2, 0.25) is 0 Å². The zero-order valence-corrected chi connectivity index (χ0v) is 9.12. The first-order valence-electron chi connectivity index (χ1n) is 4.42. The van der Waals surface area contributed by atoms with Crippen molar-refractivity contribution in [2.75, 3.05) is 6.54 Å². The Labute approximate surface area is 97.5 Å². The Balaban J connectivity index is 2.53. The molecule has 0 fully saturated rings. The maximum Gasteiger partial charge on any atom is 0.259 e. The zero-order valence-electron chi connectivity index (χ0n) is 8.37. The number of carbonyl (C=O) groups excluding carboxylic acids is 2. The van der Waals surface area contributed by atoms with E-state index in [1.807, 2.05) is 0 Å². The summed E-state index contributed by atoms with van der Waals surface area (Å²) in [4.78, 5) is 22.5. The molecular formula is C10H10ClN3O2. The first kappa shape index (κ1) is 12.2. The number of carbonyl (C=O) groups is 2. The summed E-state index contributed by atoms with van der Waals surface area (Å²) in [6, 6.07) is 6.43. The lowest BCUT2D eigenvalue weighted by atomic mass is 10.2. The van der Waals surface area contributed by atoms with Crippen LogP contribution in [0.2, 0.25) is 5.02 Å². The van der Waals surface area contributed by atoms with Crippen molar-refractivity contribution in [3.63, 3.8) is 0 Å². The van der Waals surface area contributed by atoms with Crippen LogP contribution < -0.4 is 10.7 Å². The lowest BCUT2D eigenvalue weighted by molar-refractivity contribution is -0.120. The number of hydrogen-bond donors (Lipinski definition) is 2. The molecule has 0 radical (unpaired) electrons. The fourth-order valence-electron chi connectivity index (χ4n) is 1.02. The van der Waals surface area contributed by atoms with E-state index >= 15 is 0 Å². The summed E-state index contributed by atoms with van der Waals surface area (Å²) in [5.74, 6) is -0.813. The molecule has 0 aliphatic rings. The third-order valence-electron chi connectivity index (χ3n) is 1.70. The minimum absolute atomic E-state index is 0.162. The van der Waals surface area contributed by atoms with Crippen molar-refractivity contribution in [3.8, 4) is 0 Å². The second-order valence-corrected chi connectivity index (χ2v) is 3.32. The maximum atomic E-state index is 11.5. The fourth-order valence-corrected chi connectivity index (χ4v) is 1.21. The first-order chi connectivity index (χ1) is 7.63. The first-order valence-corrected chi connectivity index (χ1v) is 4.79. The summed E-state index contributed by atoms with van der Waals surface area (Å²) in [5.41, 5.74) is 2.49. The maximum absolute atomic E-state index is 11.5. The summed E-state index contributed by atoms with van der Waals surface area (Å²) in [5, 5.41) is 6.05. The predicted molar refractivity (Wildman–Crippen MR) is 61.5 cm³/mol. The fraction of sp³-hybridized carbons (Fsp3) is 0.100. The van der Waals surface area contributed by atoms with E-state index in [0.717, 1.165) is 0 Å². The van der Waals surface area contributed by atoms with Crippen LogP contribution >= 0.6 is 11.6 Å². The average molecular weight is 240 g/mol. The van der Waals surface area contributed by atoms with E-state index in [2.05, 4.69) is 22.6 Å². The van der Waals surface area contributed by atoms with E-state index in [1.54, 1.807) is 18.2 Å². The molecule has 1 aromatic carbocycles. The van der Waals surface area contributed by atoms with E-state index in [-0.39, 0.29) is 12.5 Å². The highest BCUT2D eigenvalue weighted by Gasteiger charge is 2.07. The second-order valence-electron chi connectivity index (χ2n) is 2.89. The van der Waals surface area contributed by atoms with Gasteiger partial charge >= 0.3 is 0 Å². The van der Waals surface area contributed by atoms with Crippen LogP contribution in [-0.2, 0) is 4.79 Å². The van der Waals surface area contributed by atoms with Crippen LogP contribution in [0, 0.1) is 0 Å². The molecule has 0 saturated carbocycles. The lowest BCUT2D eigenvalue weighted by Gasteiger charge is -2.04. The zero-order chi connectivity index (χ0) is 12.0. The van der Waals surface area contributed by atoms with Gasteiger partial charge in [-0.3, -0.25) is 9.59 Å². The topological polar surface area (TPSA) is 70.6 Å². The van der Waals surface area contributed by atoms with Crippen LogP contribution in [-0.4, -0.2) is 25.1 Å². The largest absolute Gasteiger partial charge is 0.343 e. The molecule has 0 aliphatic carbocycles. The van der Waals surface area contributed by atoms with Crippen molar-refractivity contribution in [2.24, 2.45) is 5.10 Å². The number of hydrazone groups is 1. The molecule has 1 aromatic rings. The lowest BCUT2D eigenvalue weighted by Crippen LogP contribution is -2.34. The molecule has 84 valence electrons. The number of halogens is 1. The van der Waals surface area contributed by atoms with Gasteiger partial charge in [0.25, 0.3) is 11.8 Å². The third-order valence-corrected chi connectivity index (χ3v) is 1.94. The Morgan fingerprint density at radius 1 is 1.44 bits per heavy atom. The van der Waals surface area contributed by atoms with Gasteiger partial charge < -0.3 is 5.32 Å². The molecule has 0 saturated heterocycles. The molecule has 0 spiro atoms. The van der Waals surface area contributed by atoms with Crippen molar-refractivity contribution >= 4 is 30.1 Å². The van der Waals surface area contributed by atoms with Crippen molar-refractivity contribution in [1.82, 2.24) is 10.7 Å². The standard InChI is InChI=1S/C10H10ClN3O2/c1-12-14-9(15)6-13-10(16)7-3-2-4-8(11)5-7/h2-5H,1,6H2,(H,13,16)(H,14,15). The SMILES string of the molecule is C=NNC(=O)CNC(=O)c1cccc(Cl)c1. The normalized spacial score (nSPS) is 9.31. The van der Waals surface area contributed by atoms with Gasteiger partial charge in [-0.15, -0.1) is 0 Å². The van der Waals surface area contributed by atoms with Crippen molar-refractivity contribution in [3.05, 3.63) is 34.9 Å². The minimum atomic E-state index is -0.439. The molecule has 0 bridgehead atoms. The van der Waals surface area contributed by atoms with Crippen LogP contribution in [0.25, 0.3) is 0 Å². The third kappa shape index (κ3) is 3.70. The molecule has 0 aliphatic heterocycles. The van der Waals surface area contributed by atoms with Gasteiger partial charge in [0.15, 0.2) is 0 Å². The Morgan fingerprint density at radius 3 is 2.81 bits per heavy atom. The van der Waals surface area contributed by atoms with Gasteiger partial charge in [-0.05, 0) is 18.2 Å². The van der Waals surface area contributed by atoms with Crippen LogP contribution in [0.1, 0.15) is 10.4 Å². The highest BCUT2D eigenvalue weighted by atomic mass is 35.5. The van der Waals surface area contributed by atoms with E-state index < -0.39 is 5.91 Å². The number of benzene rings is 1. The Bertz CT molecular complexity index is 420. The molecule has 0 aromatic heterocycles. The number of amides is 2. The molecule has 6 heteroatoms. The van der Waals surface area contributed by atoms with Crippen LogP contribution in [0.4, 0.5) is 0 Å². The van der Waals surface area contributed by atoms with Crippen LogP contribution in [0.5, 0.6) is 0 Å². The molecule has 16 heavy (non-hydrogen) atoms.